The van der Waals surface area contributed by atoms with Crippen LogP contribution in [0.5, 0.6) is 0 Å². The molecule has 6 nitrogen and oxygen atoms in total. The highest BCUT2D eigenvalue weighted by Gasteiger charge is 2.33. The van der Waals surface area contributed by atoms with E-state index in [1.165, 1.54) is 27.7 Å². The lowest BCUT2D eigenvalue weighted by molar-refractivity contribution is -0.150. The van der Waals surface area contributed by atoms with E-state index in [2.05, 4.69) is 0 Å². The van der Waals surface area contributed by atoms with Crippen LogP contribution in [0, 0.1) is 5.41 Å². The van der Waals surface area contributed by atoms with Crippen molar-refractivity contribution in [2.45, 2.75) is 32.4 Å². The van der Waals surface area contributed by atoms with Crippen molar-refractivity contribution in [3.05, 3.63) is 0 Å². The third-order valence-corrected chi connectivity index (χ3v) is 3.92. The number of primary sulfonamides is 1. The summed E-state index contributed by atoms with van der Waals surface area (Å²) in [6.07, 6.45) is 0. The first-order valence-corrected chi connectivity index (χ1v) is 6.28. The monoisotopic (exact) mass is 253 g/mol. The molecule has 0 saturated carbocycles. The number of hydrogen-bond donors (Lipinski definition) is 2. The van der Waals surface area contributed by atoms with Crippen molar-refractivity contribution in [1.82, 2.24) is 0 Å². The van der Waals surface area contributed by atoms with Crippen molar-refractivity contribution in [2.24, 2.45) is 10.6 Å². The molecule has 0 saturated heterocycles. The summed E-state index contributed by atoms with van der Waals surface area (Å²) in [7, 11) is -3.71. The number of carboxylic acid groups (broad SMARTS) is 1. The molecule has 0 spiro atoms. The number of nitrogens with two attached hydrogens (primary N) is 1. The number of carboxylic acids is 1. The normalized spacial score (nSPS) is 13.8. The Morgan fingerprint density at radius 3 is 2.00 bits per heavy atom. The van der Waals surface area contributed by atoms with E-state index in [0.29, 0.717) is 0 Å². The summed E-state index contributed by atoms with van der Waals surface area (Å²) in [6, 6.07) is 0. The SMILES string of the molecule is CC(C)(COCC(C)(C)S(N)(=O)=O)C(=O)O. The van der Waals surface area contributed by atoms with Gasteiger partial charge in [-0.3, -0.25) is 4.79 Å². The predicted octanol–water partition coefficient (Wildman–Crippen LogP) is 0.181. The Kier molecular flexibility index (Phi) is 4.49. The average Bonchev–Trinajstić information content (AvgIpc) is 2.00. The summed E-state index contributed by atoms with van der Waals surface area (Å²) in [4.78, 5) is 10.8. The second-order valence-corrected chi connectivity index (χ2v) is 7.18. The molecule has 96 valence electrons. The molecule has 0 bridgehead atoms. The lowest BCUT2D eigenvalue weighted by Crippen LogP contribution is -2.43. The van der Waals surface area contributed by atoms with Gasteiger partial charge in [0.05, 0.1) is 18.6 Å². The highest BCUT2D eigenvalue weighted by atomic mass is 32.2. The van der Waals surface area contributed by atoms with Gasteiger partial charge < -0.3 is 9.84 Å². The Bertz CT molecular complexity index is 358. The smallest absolute Gasteiger partial charge is 0.311 e. The molecule has 7 heteroatoms. The van der Waals surface area contributed by atoms with Crippen LogP contribution in [0.25, 0.3) is 0 Å². The van der Waals surface area contributed by atoms with Gasteiger partial charge in [-0.05, 0) is 27.7 Å². The molecule has 0 radical (unpaired) electrons. The summed E-state index contributed by atoms with van der Waals surface area (Å²) in [5.41, 5.74) is -1.05. The molecular weight excluding hydrogens is 234 g/mol. The first-order valence-electron chi connectivity index (χ1n) is 4.74. The quantitative estimate of drug-likeness (QED) is 0.702. The van der Waals surface area contributed by atoms with Crippen molar-refractivity contribution in [1.29, 1.82) is 0 Å². The fourth-order valence-corrected chi connectivity index (χ4v) is 0.943. The van der Waals surface area contributed by atoms with Gasteiger partial charge in [0.1, 0.15) is 4.75 Å². The summed E-state index contributed by atoms with van der Waals surface area (Å²) >= 11 is 0. The zero-order valence-electron chi connectivity index (χ0n) is 9.98. The average molecular weight is 253 g/mol. The number of aliphatic carboxylic acids is 1. The van der Waals surface area contributed by atoms with Gasteiger partial charge in [-0.1, -0.05) is 0 Å². The number of ether oxygens (including phenoxy) is 1. The van der Waals surface area contributed by atoms with Crippen LogP contribution in [-0.4, -0.2) is 37.5 Å². The van der Waals surface area contributed by atoms with E-state index in [0.717, 1.165) is 0 Å². The number of rotatable bonds is 6. The van der Waals surface area contributed by atoms with Crippen molar-refractivity contribution in [2.75, 3.05) is 13.2 Å². The Labute approximate surface area is 95.8 Å². The molecule has 0 rings (SSSR count). The predicted molar refractivity (Wildman–Crippen MR) is 59.4 cm³/mol. The van der Waals surface area contributed by atoms with Crippen LogP contribution in [0.3, 0.4) is 0 Å². The fraction of sp³-hybridized carbons (Fsp3) is 0.889. The van der Waals surface area contributed by atoms with Gasteiger partial charge in [-0.2, -0.15) is 0 Å². The van der Waals surface area contributed by atoms with E-state index >= 15 is 0 Å². The number of carbonyl (C=O) groups is 1. The maximum absolute atomic E-state index is 11.1. The van der Waals surface area contributed by atoms with Crippen LogP contribution in [0.2, 0.25) is 0 Å². The Hall–Kier alpha value is -0.660. The van der Waals surface area contributed by atoms with E-state index in [4.69, 9.17) is 15.0 Å². The summed E-state index contributed by atoms with van der Waals surface area (Å²) in [5.74, 6) is -0.999. The first kappa shape index (κ1) is 15.3. The largest absolute Gasteiger partial charge is 0.481 e. The molecule has 3 N–H and O–H groups in total. The van der Waals surface area contributed by atoms with E-state index in [9.17, 15) is 13.2 Å². The standard InChI is InChI=1S/C9H19NO5S/c1-8(2,7(11)12)5-15-6-9(3,4)16(10,13)14/h5-6H2,1-4H3,(H,11,12)(H2,10,13,14). The molecule has 0 aromatic rings. The maximum Gasteiger partial charge on any atom is 0.311 e. The Morgan fingerprint density at radius 2 is 1.69 bits per heavy atom. The van der Waals surface area contributed by atoms with Gasteiger partial charge in [0.15, 0.2) is 0 Å². The van der Waals surface area contributed by atoms with E-state index in [1.807, 2.05) is 0 Å². The molecule has 0 atom stereocenters. The second-order valence-electron chi connectivity index (χ2n) is 4.99. The van der Waals surface area contributed by atoms with Gasteiger partial charge in [0.2, 0.25) is 10.0 Å². The summed E-state index contributed by atoms with van der Waals surface area (Å²) < 4.78 is 26.1. The highest BCUT2D eigenvalue weighted by molar-refractivity contribution is 7.90. The van der Waals surface area contributed by atoms with Crippen molar-refractivity contribution >= 4 is 16.0 Å². The van der Waals surface area contributed by atoms with E-state index < -0.39 is 26.2 Å². The molecule has 0 amide bonds. The number of sulfonamides is 1. The topological polar surface area (TPSA) is 107 Å². The van der Waals surface area contributed by atoms with Gasteiger partial charge in [0, 0.05) is 0 Å². The summed E-state index contributed by atoms with van der Waals surface area (Å²) in [5, 5.41) is 13.8. The molecule has 0 unspecified atom stereocenters. The molecule has 0 heterocycles. The van der Waals surface area contributed by atoms with Crippen LogP contribution >= 0.6 is 0 Å². The molecule has 0 aromatic heterocycles. The minimum atomic E-state index is -3.71. The van der Waals surface area contributed by atoms with Crippen molar-refractivity contribution in [3.8, 4) is 0 Å². The van der Waals surface area contributed by atoms with E-state index in [1.54, 1.807) is 0 Å². The minimum Gasteiger partial charge on any atom is -0.481 e. The first-order chi connectivity index (χ1) is 6.90. The van der Waals surface area contributed by atoms with Crippen LogP contribution < -0.4 is 5.14 Å². The van der Waals surface area contributed by atoms with Crippen LogP contribution in [-0.2, 0) is 19.6 Å². The Balaban J connectivity index is 4.35. The zero-order chi connectivity index (χ0) is 13.2. The third-order valence-electron chi connectivity index (χ3n) is 2.26. The molecule has 0 fully saturated rings. The lowest BCUT2D eigenvalue weighted by atomic mass is 9.95. The number of hydrogen-bond acceptors (Lipinski definition) is 4. The third kappa shape index (κ3) is 4.07. The molecule has 0 aliphatic heterocycles. The second kappa shape index (κ2) is 4.68. The highest BCUT2D eigenvalue weighted by Crippen LogP contribution is 2.18. The Morgan fingerprint density at radius 1 is 1.25 bits per heavy atom. The molecular formula is C9H19NO5S. The van der Waals surface area contributed by atoms with Crippen LogP contribution in [0.1, 0.15) is 27.7 Å². The van der Waals surface area contributed by atoms with E-state index in [-0.39, 0.29) is 13.2 Å². The van der Waals surface area contributed by atoms with Gasteiger partial charge in [-0.25, -0.2) is 13.6 Å². The van der Waals surface area contributed by atoms with Crippen molar-refractivity contribution < 1.29 is 23.1 Å². The molecule has 0 aromatic carbocycles. The van der Waals surface area contributed by atoms with Crippen molar-refractivity contribution in [3.63, 3.8) is 0 Å². The van der Waals surface area contributed by atoms with Crippen LogP contribution in [0.15, 0.2) is 0 Å². The minimum absolute atomic E-state index is 0.0682. The van der Waals surface area contributed by atoms with Gasteiger partial charge >= 0.3 is 5.97 Å². The fourth-order valence-electron chi connectivity index (χ4n) is 0.696. The molecule has 16 heavy (non-hydrogen) atoms. The van der Waals surface area contributed by atoms with Crippen LogP contribution in [0.4, 0.5) is 0 Å². The molecule has 0 aliphatic rings. The molecule has 0 aliphatic carbocycles. The van der Waals surface area contributed by atoms with Gasteiger partial charge in [0.25, 0.3) is 0 Å². The van der Waals surface area contributed by atoms with Gasteiger partial charge in [-0.15, -0.1) is 0 Å². The lowest BCUT2D eigenvalue weighted by Gasteiger charge is -2.25. The maximum atomic E-state index is 11.1. The summed E-state index contributed by atoms with van der Waals surface area (Å²) in [6.45, 7) is 5.65. The zero-order valence-corrected chi connectivity index (χ0v) is 10.8.